The molecular formula is C29H26ClN5O3. The smallest absolute Gasteiger partial charge is 0.248 e. The number of anilines is 3. The maximum absolute atomic E-state index is 12.4. The predicted molar refractivity (Wildman–Crippen MR) is 150 cm³/mol. The number of ether oxygens (including phenoxy) is 1. The van der Waals surface area contributed by atoms with Crippen LogP contribution in [0.1, 0.15) is 11.1 Å². The number of amides is 1. The third-order valence-electron chi connectivity index (χ3n) is 5.54. The zero-order valence-electron chi connectivity index (χ0n) is 20.9. The number of hydrogen-bond acceptors (Lipinski definition) is 7. The maximum atomic E-state index is 12.4. The number of nitrogens with zero attached hydrogens (tertiary/aromatic N) is 3. The molecule has 0 radical (unpaired) electrons. The highest BCUT2D eigenvalue weighted by Gasteiger charge is 2.15. The van der Waals surface area contributed by atoms with E-state index in [0.29, 0.717) is 46.2 Å². The fourth-order valence-electron chi connectivity index (χ4n) is 3.67. The van der Waals surface area contributed by atoms with Crippen molar-refractivity contribution in [2.75, 3.05) is 31.3 Å². The molecule has 0 aliphatic heterocycles. The third kappa shape index (κ3) is 6.59. The van der Waals surface area contributed by atoms with Crippen LogP contribution in [0.4, 0.5) is 17.1 Å². The molecule has 0 saturated carbocycles. The summed E-state index contributed by atoms with van der Waals surface area (Å²) in [5, 5.41) is 27.1. The number of nitriles is 1. The zero-order valence-corrected chi connectivity index (χ0v) is 21.7. The first-order chi connectivity index (χ1) is 18.3. The van der Waals surface area contributed by atoms with E-state index < -0.39 is 5.91 Å². The lowest BCUT2D eigenvalue weighted by molar-refractivity contribution is -0.111. The van der Waals surface area contributed by atoms with Crippen molar-refractivity contribution in [3.63, 3.8) is 0 Å². The molecule has 0 bridgehead atoms. The average Bonchev–Trinajstić information content (AvgIpc) is 2.89. The summed E-state index contributed by atoms with van der Waals surface area (Å²) in [6.07, 6.45) is 4.54. The van der Waals surface area contributed by atoms with Gasteiger partial charge >= 0.3 is 0 Å². The van der Waals surface area contributed by atoms with Gasteiger partial charge in [-0.25, -0.2) is 0 Å². The average molecular weight is 528 g/mol. The number of phenols is 1. The largest absolute Gasteiger partial charge is 0.506 e. The number of carbonyl (C=O) groups excluding carboxylic acids is 1. The Balaban J connectivity index is 1.60. The number of halogens is 1. The van der Waals surface area contributed by atoms with Gasteiger partial charge in [0.05, 0.1) is 27.5 Å². The summed E-state index contributed by atoms with van der Waals surface area (Å²) >= 11 is 6.49. The van der Waals surface area contributed by atoms with E-state index in [-0.39, 0.29) is 17.0 Å². The van der Waals surface area contributed by atoms with Gasteiger partial charge in [0.2, 0.25) is 5.91 Å². The van der Waals surface area contributed by atoms with Crippen LogP contribution in [0.25, 0.3) is 10.9 Å². The van der Waals surface area contributed by atoms with Crippen molar-refractivity contribution in [3.8, 4) is 17.6 Å². The lowest BCUT2D eigenvalue weighted by Crippen LogP contribution is -2.13. The van der Waals surface area contributed by atoms with E-state index >= 15 is 0 Å². The Hall–Kier alpha value is -4.58. The number of rotatable bonds is 9. The minimum atomic E-state index is -0.390. The minimum Gasteiger partial charge on any atom is -0.506 e. The number of pyridine rings is 1. The van der Waals surface area contributed by atoms with Crippen molar-refractivity contribution >= 4 is 45.5 Å². The van der Waals surface area contributed by atoms with Crippen molar-refractivity contribution in [1.82, 2.24) is 9.88 Å². The molecule has 9 heteroatoms. The first kappa shape index (κ1) is 26.5. The van der Waals surface area contributed by atoms with Crippen molar-refractivity contribution in [2.24, 2.45) is 0 Å². The van der Waals surface area contributed by atoms with E-state index in [4.69, 9.17) is 16.3 Å². The van der Waals surface area contributed by atoms with Gasteiger partial charge in [0.15, 0.2) is 0 Å². The second-order valence-corrected chi connectivity index (χ2v) is 9.15. The molecule has 38 heavy (non-hydrogen) atoms. The molecule has 192 valence electrons. The third-order valence-corrected chi connectivity index (χ3v) is 5.84. The van der Waals surface area contributed by atoms with E-state index in [1.54, 1.807) is 30.3 Å². The highest BCUT2D eigenvalue weighted by atomic mass is 35.5. The Morgan fingerprint density at radius 1 is 1.18 bits per heavy atom. The Morgan fingerprint density at radius 3 is 2.68 bits per heavy atom. The van der Waals surface area contributed by atoms with Crippen LogP contribution in [-0.2, 0) is 11.4 Å². The molecule has 0 atom stereocenters. The normalized spacial score (nSPS) is 11.0. The van der Waals surface area contributed by atoms with Gasteiger partial charge in [-0.3, -0.25) is 9.78 Å². The molecule has 0 fully saturated rings. The minimum absolute atomic E-state index is 0.141. The second-order valence-electron chi connectivity index (χ2n) is 8.74. The SMILES string of the molecule is CN(C)C/C=C/C(=O)Nc1cc2c(Nc3ccc(OCc4ccccc4)c(Cl)c3)c(C#N)cnc2cc1O. The number of benzene rings is 3. The van der Waals surface area contributed by atoms with Gasteiger partial charge in [-0.1, -0.05) is 48.0 Å². The molecule has 4 rings (SSSR count). The monoisotopic (exact) mass is 527 g/mol. The van der Waals surface area contributed by atoms with Crippen LogP contribution in [0.5, 0.6) is 11.5 Å². The number of carbonyl (C=O) groups is 1. The van der Waals surface area contributed by atoms with E-state index in [1.165, 1.54) is 18.3 Å². The van der Waals surface area contributed by atoms with E-state index in [1.807, 2.05) is 49.3 Å². The molecule has 3 N–H and O–H groups in total. The Labute approximate surface area is 225 Å². The molecule has 0 aliphatic rings. The number of likely N-dealkylation sites (N-methyl/N-ethyl adjacent to an activating group) is 1. The molecular weight excluding hydrogens is 502 g/mol. The lowest BCUT2D eigenvalue weighted by atomic mass is 10.1. The topological polar surface area (TPSA) is 111 Å². The van der Waals surface area contributed by atoms with Crippen LogP contribution in [-0.4, -0.2) is 41.5 Å². The second kappa shape index (κ2) is 12.1. The Morgan fingerprint density at radius 2 is 1.97 bits per heavy atom. The molecule has 4 aromatic rings. The van der Waals surface area contributed by atoms with Crippen molar-refractivity contribution in [2.45, 2.75) is 6.61 Å². The number of nitrogens with one attached hydrogen (secondary N) is 2. The van der Waals surface area contributed by atoms with Crippen LogP contribution in [0.15, 0.2) is 79.0 Å². The molecule has 1 aromatic heterocycles. The molecule has 8 nitrogen and oxygen atoms in total. The van der Waals surface area contributed by atoms with E-state index in [9.17, 15) is 15.2 Å². The Kier molecular flexibility index (Phi) is 8.44. The van der Waals surface area contributed by atoms with E-state index in [0.717, 1.165) is 5.56 Å². The van der Waals surface area contributed by atoms with Crippen molar-refractivity contribution in [1.29, 1.82) is 5.26 Å². The van der Waals surface area contributed by atoms with Gasteiger partial charge < -0.3 is 25.4 Å². The molecule has 1 heterocycles. The van der Waals surface area contributed by atoms with E-state index in [2.05, 4.69) is 21.7 Å². The number of aromatic hydroxyl groups is 1. The zero-order chi connectivity index (χ0) is 27.1. The number of aromatic nitrogens is 1. The number of fused-ring (bicyclic) bond motifs is 1. The fourth-order valence-corrected chi connectivity index (χ4v) is 3.90. The predicted octanol–water partition coefficient (Wildman–Crippen LogP) is 5.84. The quantitative estimate of drug-likeness (QED) is 0.185. The summed E-state index contributed by atoms with van der Waals surface area (Å²) in [6.45, 7) is 0.975. The van der Waals surface area contributed by atoms with Gasteiger partial charge in [0, 0.05) is 36.0 Å². The maximum Gasteiger partial charge on any atom is 0.248 e. The highest BCUT2D eigenvalue weighted by molar-refractivity contribution is 6.32. The molecule has 0 saturated heterocycles. The summed E-state index contributed by atoms with van der Waals surface area (Å²) in [7, 11) is 3.79. The molecule has 0 aliphatic carbocycles. The Bertz CT molecular complexity index is 1530. The van der Waals surface area contributed by atoms with Gasteiger partial charge in [-0.15, -0.1) is 0 Å². The summed E-state index contributed by atoms with van der Waals surface area (Å²) in [5.41, 5.74) is 3.03. The van der Waals surface area contributed by atoms with Gasteiger partial charge in [-0.05, 0) is 43.9 Å². The van der Waals surface area contributed by atoms with Crippen LogP contribution in [0.2, 0.25) is 5.02 Å². The highest BCUT2D eigenvalue weighted by Crippen LogP contribution is 2.36. The lowest BCUT2D eigenvalue weighted by Gasteiger charge is -2.15. The van der Waals surface area contributed by atoms with Gasteiger partial charge in [0.25, 0.3) is 0 Å². The molecule has 1 amide bonds. The van der Waals surface area contributed by atoms with Crippen LogP contribution in [0, 0.1) is 11.3 Å². The summed E-state index contributed by atoms with van der Waals surface area (Å²) in [4.78, 5) is 18.6. The molecule has 0 unspecified atom stereocenters. The summed E-state index contributed by atoms with van der Waals surface area (Å²) in [5.74, 6) is -0.00494. The first-order valence-corrected chi connectivity index (χ1v) is 12.1. The molecule has 3 aromatic carbocycles. The van der Waals surface area contributed by atoms with Gasteiger partial charge in [0.1, 0.15) is 24.2 Å². The van der Waals surface area contributed by atoms with Crippen LogP contribution in [0.3, 0.4) is 0 Å². The van der Waals surface area contributed by atoms with Crippen LogP contribution < -0.4 is 15.4 Å². The van der Waals surface area contributed by atoms with Gasteiger partial charge in [-0.2, -0.15) is 5.26 Å². The summed E-state index contributed by atoms with van der Waals surface area (Å²) < 4.78 is 5.85. The molecule has 0 spiro atoms. The van der Waals surface area contributed by atoms with Crippen LogP contribution >= 0.6 is 11.6 Å². The fraction of sp³-hybridized carbons (Fsp3) is 0.138. The standard InChI is InChI=1S/C29H26ClN5O3/c1-35(2)12-6-9-28(37)34-25-14-22-24(15-26(25)36)32-17-20(16-31)29(22)33-21-10-11-27(23(30)13-21)38-18-19-7-4-3-5-8-19/h3-11,13-15,17,36H,12,18H2,1-2H3,(H,32,33)(H,34,37)/b9-6+. The first-order valence-electron chi connectivity index (χ1n) is 11.8. The number of phenolic OH excluding ortho intramolecular Hbond substituents is 1. The van der Waals surface area contributed by atoms with Crippen molar-refractivity contribution < 1.29 is 14.6 Å². The number of hydrogen-bond donors (Lipinski definition) is 3. The summed E-state index contributed by atoms with van der Waals surface area (Å²) in [6, 6.07) is 20.2. The van der Waals surface area contributed by atoms with Crippen molar-refractivity contribution in [3.05, 3.63) is 95.2 Å².